The first-order chi connectivity index (χ1) is 20.1. The fraction of sp³-hybridized carbons (Fsp3) is 0.323. The number of carbonyl (C=O) groups excluding carboxylic acids is 1. The third-order valence-electron chi connectivity index (χ3n) is 6.91. The summed E-state index contributed by atoms with van der Waals surface area (Å²) in [6, 6.07) is 19.7. The van der Waals surface area contributed by atoms with Gasteiger partial charge in [-0.15, -0.1) is 0 Å². The third kappa shape index (κ3) is 7.06. The molecule has 1 aliphatic rings. The smallest absolute Gasteiger partial charge is 0.271 e. The van der Waals surface area contributed by atoms with E-state index in [1.165, 1.54) is 30.6 Å². The number of nitrogens with one attached hydrogen (secondary N) is 1. The first-order valence-electron chi connectivity index (χ1n) is 13.5. The van der Waals surface area contributed by atoms with Crippen LogP contribution in [0.25, 0.3) is 10.2 Å². The molecule has 41 heavy (non-hydrogen) atoms. The molecule has 1 atom stereocenters. The number of carbonyl (C=O) groups is 1. The normalized spacial score (nSPS) is 14.2. The minimum atomic E-state index is -0.971. The van der Waals surface area contributed by atoms with Crippen LogP contribution in [0.3, 0.4) is 0 Å². The van der Waals surface area contributed by atoms with Crippen molar-refractivity contribution in [2.75, 3.05) is 45.8 Å². The lowest BCUT2D eigenvalue weighted by Gasteiger charge is -2.26. The maximum atomic E-state index is 13.6. The van der Waals surface area contributed by atoms with E-state index in [-0.39, 0.29) is 5.91 Å². The molecule has 1 unspecified atom stereocenters. The zero-order chi connectivity index (χ0) is 28.6. The first kappa shape index (κ1) is 28.2. The van der Waals surface area contributed by atoms with Gasteiger partial charge in [0, 0.05) is 24.2 Å². The Morgan fingerprint density at radius 3 is 2.37 bits per heavy atom. The van der Waals surface area contributed by atoms with E-state index >= 15 is 0 Å². The lowest BCUT2D eigenvalue weighted by atomic mass is 10.1. The first-order valence-corrected chi connectivity index (χ1v) is 14.3. The minimum Gasteiger partial charge on any atom is -0.493 e. The fourth-order valence-electron chi connectivity index (χ4n) is 4.71. The molecule has 0 saturated carbocycles. The van der Waals surface area contributed by atoms with Gasteiger partial charge in [0.1, 0.15) is 18.1 Å². The summed E-state index contributed by atoms with van der Waals surface area (Å²) in [7, 11) is 3.14. The topological polar surface area (TPSA) is 106 Å². The summed E-state index contributed by atoms with van der Waals surface area (Å²) in [5.74, 6) is 1.96. The second-order valence-electron chi connectivity index (χ2n) is 9.64. The van der Waals surface area contributed by atoms with Crippen LogP contribution in [-0.2, 0) is 4.79 Å². The van der Waals surface area contributed by atoms with Gasteiger partial charge in [-0.2, -0.15) is 5.26 Å². The predicted molar refractivity (Wildman–Crippen MR) is 158 cm³/mol. The van der Waals surface area contributed by atoms with Crippen molar-refractivity contribution >= 4 is 32.6 Å². The van der Waals surface area contributed by atoms with Crippen LogP contribution in [0.2, 0.25) is 0 Å². The number of ether oxygens (including phenoxy) is 4. The highest BCUT2D eigenvalue weighted by Gasteiger charge is 2.25. The van der Waals surface area contributed by atoms with Gasteiger partial charge in [-0.3, -0.25) is 15.0 Å². The van der Waals surface area contributed by atoms with Gasteiger partial charge in [0.05, 0.1) is 36.1 Å². The maximum absolute atomic E-state index is 13.6. The fourth-order valence-corrected chi connectivity index (χ4v) is 5.59. The molecule has 0 radical (unpaired) electrons. The van der Waals surface area contributed by atoms with E-state index in [0.717, 1.165) is 30.1 Å². The highest BCUT2D eigenvalue weighted by Crippen LogP contribution is 2.36. The highest BCUT2D eigenvalue weighted by atomic mass is 32.1. The van der Waals surface area contributed by atoms with Crippen LogP contribution >= 0.6 is 11.3 Å². The maximum Gasteiger partial charge on any atom is 0.271 e. The summed E-state index contributed by atoms with van der Waals surface area (Å²) in [5.41, 5.74) is 1.84. The van der Waals surface area contributed by atoms with Crippen LogP contribution in [0.5, 0.6) is 23.0 Å². The van der Waals surface area contributed by atoms with Gasteiger partial charge < -0.3 is 18.9 Å². The highest BCUT2D eigenvalue weighted by molar-refractivity contribution is 7.22. The van der Waals surface area contributed by atoms with Gasteiger partial charge in [0.2, 0.25) is 6.10 Å². The largest absolute Gasteiger partial charge is 0.493 e. The Morgan fingerprint density at radius 2 is 1.68 bits per heavy atom. The monoisotopic (exact) mass is 572 g/mol. The SMILES string of the molecule is COc1cc2nc(NC(=O)C(Oc3ccc(C#N)cc3)c3ccc(OCCN4CCCCC4)cc3)sc2cc1OC. The third-order valence-corrected chi connectivity index (χ3v) is 7.84. The van der Waals surface area contributed by atoms with Crippen LogP contribution in [0.15, 0.2) is 60.7 Å². The number of fused-ring (bicyclic) bond motifs is 1. The van der Waals surface area contributed by atoms with E-state index in [9.17, 15) is 4.79 Å². The van der Waals surface area contributed by atoms with Crippen molar-refractivity contribution in [2.24, 2.45) is 0 Å². The molecular weight excluding hydrogens is 540 g/mol. The number of benzene rings is 3. The zero-order valence-corrected chi connectivity index (χ0v) is 23.9. The summed E-state index contributed by atoms with van der Waals surface area (Å²) in [4.78, 5) is 20.6. The molecule has 0 bridgehead atoms. The van der Waals surface area contributed by atoms with E-state index in [1.54, 1.807) is 44.6 Å². The van der Waals surface area contributed by atoms with Crippen LogP contribution in [0.1, 0.15) is 36.5 Å². The molecule has 1 aromatic heterocycles. The van der Waals surface area contributed by atoms with E-state index in [1.807, 2.05) is 30.3 Å². The molecular formula is C31H32N4O5S. The second kappa shape index (κ2) is 13.4. The van der Waals surface area contributed by atoms with Crippen LogP contribution in [0.4, 0.5) is 5.13 Å². The number of rotatable bonds is 11. The van der Waals surface area contributed by atoms with Gasteiger partial charge >= 0.3 is 0 Å². The number of nitriles is 1. The number of hydrogen-bond acceptors (Lipinski definition) is 9. The molecule has 0 spiro atoms. The number of nitrogens with zero attached hydrogens (tertiary/aromatic N) is 3. The average Bonchev–Trinajstić information content (AvgIpc) is 3.41. The summed E-state index contributed by atoms with van der Waals surface area (Å²) in [6.45, 7) is 3.76. The van der Waals surface area contributed by atoms with Crippen molar-refractivity contribution in [3.63, 3.8) is 0 Å². The number of thiazole rings is 1. The van der Waals surface area contributed by atoms with Crippen molar-refractivity contribution in [3.05, 3.63) is 71.8 Å². The Morgan fingerprint density at radius 1 is 1.00 bits per heavy atom. The molecule has 2 heterocycles. The quantitative estimate of drug-likeness (QED) is 0.240. The van der Waals surface area contributed by atoms with E-state index < -0.39 is 6.10 Å². The molecule has 1 amide bonds. The molecule has 1 saturated heterocycles. The predicted octanol–water partition coefficient (Wildman–Crippen LogP) is 5.81. The summed E-state index contributed by atoms with van der Waals surface area (Å²) in [6.07, 6.45) is 2.83. The Bertz CT molecular complexity index is 1470. The van der Waals surface area contributed by atoms with E-state index in [2.05, 4.69) is 21.3 Å². The number of aromatic nitrogens is 1. The van der Waals surface area contributed by atoms with E-state index in [0.29, 0.717) is 45.6 Å². The van der Waals surface area contributed by atoms with Crippen molar-refractivity contribution in [3.8, 4) is 29.1 Å². The molecule has 4 aromatic rings. The lowest BCUT2D eigenvalue weighted by molar-refractivity contribution is -0.123. The molecule has 9 nitrogen and oxygen atoms in total. The Labute approximate surface area is 243 Å². The van der Waals surface area contributed by atoms with Crippen molar-refractivity contribution < 1.29 is 23.7 Å². The number of hydrogen-bond donors (Lipinski definition) is 1. The van der Waals surface area contributed by atoms with Crippen LogP contribution in [0, 0.1) is 11.3 Å². The average molecular weight is 573 g/mol. The Hall–Kier alpha value is -4.33. The number of anilines is 1. The van der Waals surface area contributed by atoms with Crippen molar-refractivity contribution in [1.82, 2.24) is 9.88 Å². The van der Waals surface area contributed by atoms with Crippen LogP contribution < -0.4 is 24.3 Å². The van der Waals surface area contributed by atoms with Gasteiger partial charge in [-0.05, 0) is 62.3 Å². The standard InChI is InChI=1S/C31H32N4O5S/c1-37-26-18-25-28(19-27(26)38-2)41-31(33-25)34-30(36)29(40-24-10-6-21(20-32)7-11-24)22-8-12-23(13-9-22)39-17-16-35-14-4-3-5-15-35/h6-13,18-19,29H,3-5,14-17H2,1-2H3,(H,33,34,36). The molecule has 5 rings (SSSR count). The number of piperidine rings is 1. The summed E-state index contributed by atoms with van der Waals surface area (Å²) in [5, 5.41) is 12.5. The molecule has 212 valence electrons. The molecule has 1 fully saturated rings. The zero-order valence-electron chi connectivity index (χ0n) is 23.1. The number of likely N-dealkylation sites (tertiary alicyclic amines) is 1. The van der Waals surface area contributed by atoms with Gasteiger partial charge in [0.25, 0.3) is 5.91 Å². The van der Waals surface area contributed by atoms with Crippen molar-refractivity contribution in [1.29, 1.82) is 5.26 Å². The summed E-state index contributed by atoms with van der Waals surface area (Å²) < 4.78 is 23.7. The number of amides is 1. The van der Waals surface area contributed by atoms with Crippen LogP contribution in [-0.4, -0.2) is 56.3 Å². The molecule has 3 aromatic carbocycles. The second-order valence-corrected chi connectivity index (χ2v) is 10.7. The lowest BCUT2D eigenvalue weighted by Crippen LogP contribution is -2.33. The van der Waals surface area contributed by atoms with Gasteiger partial charge in [0.15, 0.2) is 16.6 Å². The molecule has 0 aliphatic carbocycles. The van der Waals surface area contributed by atoms with E-state index in [4.69, 9.17) is 24.2 Å². The Kier molecular flexibility index (Phi) is 9.19. The van der Waals surface area contributed by atoms with Gasteiger partial charge in [-0.25, -0.2) is 4.98 Å². The molecule has 1 aliphatic heterocycles. The molecule has 10 heteroatoms. The van der Waals surface area contributed by atoms with Gasteiger partial charge in [-0.1, -0.05) is 29.9 Å². The van der Waals surface area contributed by atoms with Crippen molar-refractivity contribution in [2.45, 2.75) is 25.4 Å². The summed E-state index contributed by atoms with van der Waals surface area (Å²) >= 11 is 1.33. The molecule has 1 N–H and O–H groups in total. The number of methoxy groups -OCH3 is 2. The minimum absolute atomic E-state index is 0.383. The Balaban J connectivity index is 1.32.